The number of H-pyrrole nitrogens is 1. The third-order valence-corrected chi connectivity index (χ3v) is 5.49. The van der Waals surface area contributed by atoms with Crippen LogP contribution in [0.1, 0.15) is 47.6 Å². The fraction of sp³-hybridized carbons (Fsp3) is 0.350. The maximum absolute atomic E-state index is 13.8. The monoisotopic (exact) mass is 421 g/mol. The van der Waals surface area contributed by atoms with Gasteiger partial charge in [-0.3, -0.25) is 19.0 Å². The second kappa shape index (κ2) is 7.28. The van der Waals surface area contributed by atoms with Crippen LogP contribution in [-0.4, -0.2) is 31.6 Å². The molecule has 2 aromatic heterocycles. The molecule has 0 saturated heterocycles. The lowest BCUT2D eigenvalue weighted by atomic mass is 9.92. The number of aldehydes is 1. The van der Waals surface area contributed by atoms with Gasteiger partial charge in [-0.15, -0.1) is 0 Å². The van der Waals surface area contributed by atoms with Crippen LogP contribution in [0.15, 0.2) is 40.2 Å². The number of carbonyl (C=O) groups is 1. The number of hydrogen-bond donors (Lipinski definition) is 2. The summed E-state index contributed by atoms with van der Waals surface area (Å²) in [5.74, 6) is 0. The van der Waals surface area contributed by atoms with Gasteiger partial charge in [0.2, 0.25) is 0 Å². The number of aliphatic hydroxyl groups is 1. The highest BCUT2D eigenvalue weighted by Crippen LogP contribution is 2.37. The molecule has 1 aromatic carbocycles. The Bertz CT molecular complexity index is 1240. The molecule has 4 rings (SSSR count). The molecule has 2 heterocycles. The summed E-state index contributed by atoms with van der Waals surface area (Å²) in [6.45, 7) is 0. The van der Waals surface area contributed by atoms with Gasteiger partial charge in [0.05, 0.1) is 28.7 Å². The number of aliphatic hydroxyl groups excluding tert-OH is 1. The molecule has 0 bridgehead atoms. The smallest absolute Gasteiger partial charge is 0.391 e. The van der Waals surface area contributed by atoms with E-state index >= 15 is 0 Å². The quantitative estimate of drug-likeness (QED) is 0.502. The van der Waals surface area contributed by atoms with Crippen LogP contribution in [0, 0.1) is 0 Å². The summed E-state index contributed by atoms with van der Waals surface area (Å²) in [7, 11) is 0. The summed E-state index contributed by atoms with van der Waals surface area (Å²) >= 11 is 0. The van der Waals surface area contributed by atoms with Gasteiger partial charge in [-0.2, -0.15) is 13.2 Å². The van der Waals surface area contributed by atoms with E-state index in [9.17, 15) is 32.7 Å². The minimum absolute atomic E-state index is 0.0634. The van der Waals surface area contributed by atoms with Crippen LogP contribution in [0.25, 0.3) is 16.7 Å². The number of halogens is 3. The lowest BCUT2D eigenvalue weighted by Crippen LogP contribution is -2.42. The molecule has 158 valence electrons. The van der Waals surface area contributed by atoms with Gasteiger partial charge in [-0.25, -0.2) is 0 Å². The molecule has 0 aliphatic heterocycles. The number of fused-ring (bicyclic) bond motifs is 1. The van der Waals surface area contributed by atoms with Crippen molar-refractivity contribution in [2.75, 3.05) is 0 Å². The minimum Gasteiger partial charge on any atom is -0.391 e. The molecule has 0 unspecified atom stereocenters. The van der Waals surface area contributed by atoms with Crippen LogP contribution in [0.2, 0.25) is 0 Å². The lowest BCUT2D eigenvalue weighted by molar-refractivity contribution is -0.136. The molecule has 7 nitrogen and oxygen atoms in total. The molecule has 1 saturated carbocycles. The number of nitrogens with one attached hydrogen (secondary N) is 1. The molecule has 2 N–H and O–H groups in total. The zero-order chi connectivity index (χ0) is 21.6. The zero-order valence-electron chi connectivity index (χ0n) is 15.6. The number of benzene rings is 1. The fourth-order valence-electron chi connectivity index (χ4n) is 4.06. The number of aromatic amines is 1. The summed E-state index contributed by atoms with van der Waals surface area (Å²) < 4.78 is 43.8. The molecule has 10 heteroatoms. The van der Waals surface area contributed by atoms with E-state index in [0.717, 1.165) is 17.1 Å². The molecule has 1 fully saturated rings. The number of rotatable bonds is 3. The van der Waals surface area contributed by atoms with Gasteiger partial charge in [0.1, 0.15) is 0 Å². The lowest BCUT2D eigenvalue weighted by Gasteiger charge is -2.30. The minimum atomic E-state index is -4.81. The van der Waals surface area contributed by atoms with E-state index in [1.54, 1.807) is 0 Å². The topological polar surface area (TPSA) is 97.1 Å². The first-order chi connectivity index (χ1) is 14.2. The van der Waals surface area contributed by atoms with Gasteiger partial charge < -0.3 is 14.7 Å². The summed E-state index contributed by atoms with van der Waals surface area (Å²) in [6.07, 6.45) is -0.264. The van der Waals surface area contributed by atoms with E-state index in [-0.39, 0.29) is 16.8 Å². The predicted octanol–water partition coefficient (Wildman–Crippen LogP) is 2.79. The Kier molecular flexibility index (Phi) is 4.89. The molecule has 1 aliphatic rings. The SMILES string of the molecule is O=Cc1ccn(-c2cc(C(F)(F)F)c3[nH]c(=O)c(=O)n([C@@H]4CCCC[C@@H]4O)c3c2)c1. The Morgan fingerprint density at radius 3 is 2.53 bits per heavy atom. The zero-order valence-corrected chi connectivity index (χ0v) is 15.6. The highest BCUT2D eigenvalue weighted by Gasteiger charge is 2.36. The van der Waals surface area contributed by atoms with Crippen molar-refractivity contribution in [1.82, 2.24) is 14.1 Å². The van der Waals surface area contributed by atoms with E-state index in [0.29, 0.717) is 25.5 Å². The first-order valence-corrected chi connectivity index (χ1v) is 9.42. The van der Waals surface area contributed by atoms with Crippen molar-refractivity contribution >= 4 is 17.3 Å². The Morgan fingerprint density at radius 1 is 1.17 bits per heavy atom. The van der Waals surface area contributed by atoms with Gasteiger partial charge in [0.25, 0.3) is 0 Å². The number of nitrogens with zero attached hydrogens (tertiary/aromatic N) is 2. The summed E-state index contributed by atoms with van der Waals surface area (Å²) in [5.41, 5.74) is -3.62. The second-order valence-electron chi connectivity index (χ2n) is 7.40. The third kappa shape index (κ3) is 3.36. The summed E-state index contributed by atoms with van der Waals surface area (Å²) in [4.78, 5) is 37.9. The highest BCUT2D eigenvalue weighted by atomic mass is 19.4. The number of hydrogen-bond acceptors (Lipinski definition) is 4. The van der Waals surface area contributed by atoms with E-state index in [4.69, 9.17) is 0 Å². The van der Waals surface area contributed by atoms with Crippen molar-refractivity contribution in [2.24, 2.45) is 0 Å². The van der Waals surface area contributed by atoms with Crippen LogP contribution in [-0.2, 0) is 6.18 Å². The first-order valence-electron chi connectivity index (χ1n) is 9.42. The second-order valence-corrected chi connectivity index (χ2v) is 7.40. The maximum atomic E-state index is 13.8. The fourth-order valence-corrected chi connectivity index (χ4v) is 4.06. The van der Waals surface area contributed by atoms with E-state index < -0.39 is 40.5 Å². The van der Waals surface area contributed by atoms with Gasteiger partial charge in [-0.1, -0.05) is 12.8 Å². The Morgan fingerprint density at radius 2 is 1.90 bits per heavy atom. The third-order valence-electron chi connectivity index (χ3n) is 5.49. The normalized spacial score (nSPS) is 19.9. The molecule has 0 radical (unpaired) electrons. The predicted molar refractivity (Wildman–Crippen MR) is 102 cm³/mol. The number of carbonyl (C=O) groups excluding carboxylic acids is 1. The van der Waals surface area contributed by atoms with Gasteiger partial charge in [0, 0.05) is 23.6 Å². The van der Waals surface area contributed by atoms with Crippen LogP contribution in [0.4, 0.5) is 13.2 Å². The molecule has 2 atom stereocenters. The molecule has 0 spiro atoms. The average molecular weight is 421 g/mol. The van der Waals surface area contributed by atoms with Crippen molar-refractivity contribution in [3.63, 3.8) is 0 Å². The van der Waals surface area contributed by atoms with E-state index in [2.05, 4.69) is 4.98 Å². The molecule has 1 aliphatic carbocycles. The number of aromatic nitrogens is 3. The van der Waals surface area contributed by atoms with Crippen molar-refractivity contribution < 1.29 is 23.1 Å². The van der Waals surface area contributed by atoms with Crippen molar-refractivity contribution in [1.29, 1.82) is 0 Å². The van der Waals surface area contributed by atoms with Crippen LogP contribution < -0.4 is 11.1 Å². The van der Waals surface area contributed by atoms with Crippen molar-refractivity contribution in [3.05, 3.63) is 62.4 Å². The molecule has 3 aromatic rings. The van der Waals surface area contributed by atoms with Gasteiger partial charge in [-0.05, 0) is 31.0 Å². The first kappa shape index (κ1) is 20.1. The Balaban J connectivity index is 2.09. The summed E-state index contributed by atoms with van der Waals surface area (Å²) in [6, 6.07) is 2.83. The van der Waals surface area contributed by atoms with Crippen LogP contribution in [0.5, 0.6) is 0 Å². The molecular weight excluding hydrogens is 403 g/mol. The standard InChI is InChI=1S/C20H18F3N3O4/c21-20(22,23)13-7-12(25-6-5-11(9-25)10-27)8-15-17(13)24-18(29)19(30)26(15)14-3-1-2-4-16(14)28/h5-10,14,16,28H,1-4H2,(H,24,29)/t14-,16+/m1/s1. The highest BCUT2D eigenvalue weighted by molar-refractivity contribution is 5.82. The number of alkyl halides is 3. The molecule has 0 amide bonds. The van der Waals surface area contributed by atoms with Crippen LogP contribution in [0.3, 0.4) is 0 Å². The van der Waals surface area contributed by atoms with Gasteiger partial charge in [0.15, 0.2) is 6.29 Å². The van der Waals surface area contributed by atoms with Crippen molar-refractivity contribution in [3.8, 4) is 5.69 Å². The van der Waals surface area contributed by atoms with Crippen LogP contribution >= 0.6 is 0 Å². The molecular formula is C20H18F3N3O4. The maximum Gasteiger partial charge on any atom is 0.418 e. The van der Waals surface area contributed by atoms with E-state index in [1.807, 2.05) is 0 Å². The van der Waals surface area contributed by atoms with E-state index in [1.165, 1.54) is 29.1 Å². The Labute approximate surface area is 167 Å². The Hall–Kier alpha value is -3.14. The summed E-state index contributed by atoms with van der Waals surface area (Å²) in [5, 5.41) is 10.4. The molecule has 30 heavy (non-hydrogen) atoms. The largest absolute Gasteiger partial charge is 0.418 e. The average Bonchev–Trinajstić information content (AvgIpc) is 3.18. The van der Waals surface area contributed by atoms with Crippen molar-refractivity contribution in [2.45, 2.75) is 44.0 Å². The van der Waals surface area contributed by atoms with Gasteiger partial charge >= 0.3 is 17.3 Å².